The fourth-order valence-corrected chi connectivity index (χ4v) is 5.40. The highest BCUT2D eigenvalue weighted by Gasteiger charge is 2.27. The molecular formula is C32H28O8. The zero-order chi connectivity index (χ0) is 28.6. The van der Waals surface area contributed by atoms with Crippen LogP contribution in [0.3, 0.4) is 0 Å². The van der Waals surface area contributed by atoms with Gasteiger partial charge in [-0.15, -0.1) is 0 Å². The molecule has 0 heterocycles. The summed E-state index contributed by atoms with van der Waals surface area (Å²) in [6, 6.07) is 13.7. The Morgan fingerprint density at radius 3 is 0.825 bits per heavy atom. The molecule has 8 nitrogen and oxygen atoms in total. The summed E-state index contributed by atoms with van der Waals surface area (Å²) >= 11 is 0. The quantitative estimate of drug-likeness (QED) is 0.0958. The molecule has 5 aromatic rings. The Morgan fingerprint density at radius 1 is 0.400 bits per heavy atom. The average molecular weight is 541 g/mol. The minimum atomic E-state index is -0.553. The van der Waals surface area contributed by atoms with Crippen LogP contribution in [0.5, 0.6) is 0 Å². The first-order valence-corrected chi connectivity index (χ1v) is 13.3. The Labute approximate surface area is 230 Å². The van der Waals surface area contributed by atoms with Crippen LogP contribution in [0, 0.1) is 0 Å². The van der Waals surface area contributed by atoms with Gasteiger partial charge in [0.05, 0.1) is 48.7 Å². The number of fused-ring (bicyclic) bond motifs is 2. The van der Waals surface area contributed by atoms with Crippen molar-refractivity contribution in [2.45, 2.75) is 27.7 Å². The Morgan fingerprint density at radius 2 is 0.625 bits per heavy atom. The molecule has 0 aromatic heterocycles. The second-order valence-electron chi connectivity index (χ2n) is 9.02. The van der Waals surface area contributed by atoms with E-state index in [1.54, 1.807) is 76.2 Å². The molecule has 0 fully saturated rings. The number of ether oxygens (including phenoxy) is 4. The highest BCUT2D eigenvalue weighted by Crippen LogP contribution is 2.44. The van der Waals surface area contributed by atoms with Gasteiger partial charge < -0.3 is 18.9 Å². The van der Waals surface area contributed by atoms with E-state index in [9.17, 15) is 19.2 Å². The summed E-state index contributed by atoms with van der Waals surface area (Å²) in [6.45, 7) is 7.56. The number of esters is 4. The monoisotopic (exact) mass is 540 g/mol. The van der Waals surface area contributed by atoms with Crippen LogP contribution in [0.2, 0.25) is 0 Å². The molecule has 5 rings (SSSR count). The number of hydrogen-bond acceptors (Lipinski definition) is 8. The summed E-state index contributed by atoms with van der Waals surface area (Å²) in [7, 11) is 0. The molecule has 0 saturated heterocycles. The lowest BCUT2D eigenvalue weighted by Crippen LogP contribution is -2.12. The second-order valence-corrected chi connectivity index (χ2v) is 9.02. The lowest BCUT2D eigenvalue weighted by molar-refractivity contribution is 0.0511. The largest absolute Gasteiger partial charge is 0.462 e. The Kier molecular flexibility index (Phi) is 7.26. The fraction of sp³-hybridized carbons (Fsp3) is 0.250. The first-order chi connectivity index (χ1) is 19.4. The predicted octanol–water partition coefficient (Wildman–Crippen LogP) is 6.44. The maximum Gasteiger partial charge on any atom is 0.338 e. The van der Waals surface area contributed by atoms with Crippen LogP contribution >= 0.6 is 0 Å². The van der Waals surface area contributed by atoms with Gasteiger partial charge in [0.15, 0.2) is 0 Å². The van der Waals surface area contributed by atoms with Gasteiger partial charge in [-0.2, -0.15) is 0 Å². The maximum atomic E-state index is 13.0. The van der Waals surface area contributed by atoms with Gasteiger partial charge in [-0.05, 0) is 84.3 Å². The van der Waals surface area contributed by atoms with Gasteiger partial charge in [-0.25, -0.2) is 19.2 Å². The van der Waals surface area contributed by atoms with Crippen molar-refractivity contribution in [2.75, 3.05) is 26.4 Å². The SMILES string of the molecule is CCOC(=O)c1ccc2c3ccc(C(=O)OCC)c4c(C(=O)OCC)ccc(c5ccc(C(=O)OCC)c1c25)c43. The highest BCUT2D eigenvalue weighted by molar-refractivity contribution is 6.38. The number of carbonyl (C=O) groups is 4. The van der Waals surface area contributed by atoms with Crippen molar-refractivity contribution in [2.24, 2.45) is 0 Å². The standard InChI is InChI=1S/C32H28O8/c1-5-37-29(33)21-13-9-17-19-11-15-23(31(35)39-7-3)28-24(32(36)40-8-4)16-12-20(26(19)28)18-10-14-22(27(21)25(17)18)30(34)38-6-2/h9-16H,5-8H2,1-4H3. The minimum Gasteiger partial charge on any atom is -0.462 e. The van der Waals surface area contributed by atoms with E-state index in [-0.39, 0.29) is 48.7 Å². The van der Waals surface area contributed by atoms with Crippen LogP contribution in [0.4, 0.5) is 0 Å². The van der Waals surface area contributed by atoms with E-state index in [1.807, 2.05) is 0 Å². The average Bonchev–Trinajstić information content (AvgIpc) is 2.95. The molecule has 0 amide bonds. The van der Waals surface area contributed by atoms with Gasteiger partial charge >= 0.3 is 23.9 Å². The lowest BCUT2D eigenvalue weighted by atomic mass is 9.84. The van der Waals surface area contributed by atoms with Crippen LogP contribution in [-0.4, -0.2) is 50.3 Å². The maximum absolute atomic E-state index is 13.0. The van der Waals surface area contributed by atoms with Crippen molar-refractivity contribution in [3.63, 3.8) is 0 Å². The summed E-state index contributed by atoms with van der Waals surface area (Å²) in [5.41, 5.74) is 0.987. The van der Waals surface area contributed by atoms with Gasteiger partial charge in [0.25, 0.3) is 0 Å². The molecule has 5 aromatic carbocycles. The fourth-order valence-electron chi connectivity index (χ4n) is 5.40. The molecule has 0 aliphatic heterocycles. The van der Waals surface area contributed by atoms with E-state index in [2.05, 4.69) is 0 Å². The normalized spacial score (nSPS) is 11.3. The number of carbonyl (C=O) groups excluding carboxylic acids is 4. The third kappa shape index (κ3) is 4.16. The molecule has 0 unspecified atom stereocenters. The molecule has 0 radical (unpaired) electrons. The van der Waals surface area contributed by atoms with Crippen molar-refractivity contribution in [3.05, 3.63) is 70.8 Å². The Hall–Kier alpha value is -4.72. The molecule has 0 atom stereocenters. The topological polar surface area (TPSA) is 105 Å². The minimum absolute atomic E-state index is 0.173. The van der Waals surface area contributed by atoms with Crippen LogP contribution in [0.15, 0.2) is 48.5 Å². The smallest absolute Gasteiger partial charge is 0.338 e. The molecule has 0 N–H and O–H groups in total. The predicted molar refractivity (Wildman–Crippen MR) is 151 cm³/mol. The third-order valence-corrected chi connectivity index (χ3v) is 6.88. The first-order valence-electron chi connectivity index (χ1n) is 13.3. The van der Waals surface area contributed by atoms with E-state index < -0.39 is 23.9 Å². The summed E-state index contributed by atoms with van der Waals surface area (Å²) in [5, 5.41) is 5.15. The van der Waals surface area contributed by atoms with Crippen molar-refractivity contribution in [1.82, 2.24) is 0 Å². The molecule has 40 heavy (non-hydrogen) atoms. The number of hydrogen-bond donors (Lipinski definition) is 0. The first kappa shape index (κ1) is 26.9. The lowest BCUT2D eigenvalue weighted by Gasteiger charge is -2.20. The van der Waals surface area contributed by atoms with Gasteiger partial charge in [0.1, 0.15) is 0 Å². The van der Waals surface area contributed by atoms with Crippen molar-refractivity contribution < 1.29 is 38.1 Å². The molecule has 0 aliphatic carbocycles. The molecule has 8 heteroatoms. The van der Waals surface area contributed by atoms with Crippen molar-refractivity contribution in [1.29, 1.82) is 0 Å². The second kappa shape index (κ2) is 10.8. The van der Waals surface area contributed by atoms with Crippen LogP contribution in [-0.2, 0) is 18.9 Å². The molecule has 0 aliphatic rings. The summed E-state index contributed by atoms with van der Waals surface area (Å²) in [6.07, 6.45) is 0. The summed E-state index contributed by atoms with van der Waals surface area (Å²) in [5.74, 6) is -2.21. The zero-order valence-corrected chi connectivity index (χ0v) is 22.7. The van der Waals surface area contributed by atoms with Gasteiger partial charge in [0, 0.05) is 10.8 Å². The van der Waals surface area contributed by atoms with Gasteiger partial charge in [-0.3, -0.25) is 0 Å². The van der Waals surface area contributed by atoms with Crippen LogP contribution < -0.4 is 0 Å². The summed E-state index contributed by atoms with van der Waals surface area (Å²) < 4.78 is 21.3. The third-order valence-electron chi connectivity index (χ3n) is 6.88. The summed E-state index contributed by atoms with van der Waals surface area (Å²) in [4.78, 5) is 52.2. The van der Waals surface area contributed by atoms with Crippen LogP contribution in [0.25, 0.3) is 43.1 Å². The Bertz CT molecular complexity index is 1560. The number of rotatable bonds is 8. The Balaban J connectivity index is 2.00. The van der Waals surface area contributed by atoms with Gasteiger partial charge in [0.2, 0.25) is 0 Å². The molecule has 204 valence electrons. The van der Waals surface area contributed by atoms with Crippen LogP contribution in [0.1, 0.15) is 69.1 Å². The van der Waals surface area contributed by atoms with E-state index >= 15 is 0 Å². The van der Waals surface area contributed by atoms with E-state index in [1.165, 1.54) is 0 Å². The molecule has 0 spiro atoms. The number of benzene rings is 5. The van der Waals surface area contributed by atoms with Crippen molar-refractivity contribution in [3.8, 4) is 0 Å². The molecule has 0 bridgehead atoms. The molecule has 0 saturated carbocycles. The molecular weight excluding hydrogens is 512 g/mol. The van der Waals surface area contributed by atoms with Gasteiger partial charge in [-0.1, -0.05) is 24.3 Å². The van der Waals surface area contributed by atoms with E-state index in [0.717, 1.165) is 21.5 Å². The van der Waals surface area contributed by atoms with E-state index in [0.29, 0.717) is 21.5 Å². The van der Waals surface area contributed by atoms with Crippen molar-refractivity contribution >= 4 is 67.0 Å². The zero-order valence-electron chi connectivity index (χ0n) is 22.7. The highest BCUT2D eigenvalue weighted by atomic mass is 16.5. The van der Waals surface area contributed by atoms with E-state index in [4.69, 9.17) is 18.9 Å².